The van der Waals surface area contributed by atoms with Crippen LogP contribution in [0.4, 0.5) is 0 Å². The molecule has 2 aromatic rings. The molecule has 2 N–H and O–H groups in total. The maximum absolute atomic E-state index is 12.2. The summed E-state index contributed by atoms with van der Waals surface area (Å²) < 4.78 is 10.9. The van der Waals surface area contributed by atoms with Crippen LogP contribution in [0, 0.1) is 0 Å². The zero-order valence-electron chi connectivity index (χ0n) is 16.4. The lowest BCUT2D eigenvalue weighted by Crippen LogP contribution is -2.47. The van der Waals surface area contributed by atoms with Crippen LogP contribution in [0.5, 0.6) is 11.5 Å². The molecule has 0 aliphatic heterocycles. The van der Waals surface area contributed by atoms with Crippen molar-refractivity contribution < 1.29 is 19.1 Å². The molecule has 30 heavy (non-hydrogen) atoms. The molecule has 0 heterocycles. The van der Waals surface area contributed by atoms with Crippen LogP contribution in [-0.4, -0.2) is 37.1 Å². The number of carbonyl (C=O) groups excluding carboxylic acids is 2. The highest BCUT2D eigenvalue weighted by atomic mass is 35.5. The molecule has 2 unspecified atom stereocenters. The van der Waals surface area contributed by atoms with Gasteiger partial charge < -0.3 is 20.1 Å². The van der Waals surface area contributed by atoms with Crippen molar-refractivity contribution >= 4 is 35.0 Å². The van der Waals surface area contributed by atoms with Gasteiger partial charge in [0.25, 0.3) is 11.8 Å². The van der Waals surface area contributed by atoms with Crippen molar-refractivity contribution in [2.45, 2.75) is 37.8 Å². The number of hydrogen-bond acceptors (Lipinski definition) is 4. The molecule has 2 atom stereocenters. The Balaban J connectivity index is 1.37. The van der Waals surface area contributed by atoms with Crippen LogP contribution in [0.15, 0.2) is 48.5 Å². The fraction of sp³-hybridized carbons (Fsp3) is 0.364. The predicted molar refractivity (Wildman–Crippen MR) is 116 cm³/mol. The lowest BCUT2D eigenvalue weighted by Gasteiger charge is -2.30. The molecular formula is C22H24Cl2N2O4. The van der Waals surface area contributed by atoms with E-state index in [2.05, 4.69) is 10.6 Å². The second kappa shape index (κ2) is 11.1. The fourth-order valence-corrected chi connectivity index (χ4v) is 3.60. The topological polar surface area (TPSA) is 76.7 Å². The van der Waals surface area contributed by atoms with Crippen molar-refractivity contribution in [3.05, 3.63) is 58.6 Å². The summed E-state index contributed by atoms with van der Waals surface area (Å²) in [6, 6.07) is 13.7. The number of ether oxygens (including phenoxy) is 2. The van der Waals surface area contributed by atoms with E-state index in [1.54, 1.807) is 48.5 Å². The Kier molecular flexibility index (Phi) is 8.22. The Hall–Kier alpha value is -2.44. The van der Waals surface area contributed by atoms with E-state index in [0.717, 1.165) is 19.3 Å². The Bertz CT molecular complexity index is 774. The van der Waals surface area contributed by atoms with Crippen molar-refractivity contribution in [2.24, 2.45) is 0 Å². The zero-order valence-corrected chi connectivity index (χ0v) is 17.9. The first-order chi connectivity index (χ1) is 14.5. The molecule has 0 radical (unpaired) electrons. The summed E-state index contributed by atoms with van der Waals surface area (Å²) in [5, 5.41) is 7.19. The minimum absolute atomic E-state index is 0.00236. The third kappa shape index (κ3) is 7.43. The highest BCUT2D eigenvalue weighted by molar-refractivity contribution is 6.30. The fourth-order valence-electron chi connectivity index (χ4n) is 3.35. The SMILES string of the molecule is O=C(COc1ccc(Cl)cc1)NC1CCCC(NC(=O)COc2ccc(Cl)cc2)C1. The summed E-state index contributed by atoms with van der Waals surface area (Å²) >= 11 is 11.7. The van der Waals surface area contributed by atoms with Gasteiger partial charge in [-0.25, -0.2) is 0 Å². The van der Waals surface area contributed by atoms with Crippen molar-refractivity contribution in [3.63, 3.8) is 0 Å². The lowest BCUT2D eigenvalue weighted by atomic mass is 9.91. The predicted octanol–water partition coefficient (Wildman–Crippen LogP) is 3.99. The summed E-state index contributed by atoms with van der Waals surface area (Å²) in [6.07, 6.45) is 3.35. The number of carbonyl (C=O) groups is 2. The highest BCUT2D eigenvalue weighted by Gasteiger charge is 2.24. The smallest absolute Gasteiger partial charge is 0.258 e. The molecule has 0 bridgehead atoms. The molecule has 3 rings (SSSR count). The van der Waals surface area contributed by atoms with Crippen molar-refractivity contribution in [2.75, 3.05) is 13.2 Å². The molecule has 0 saturated heterocycles. The van der Waals surface area contributed by atoms with Gasteiger partial charge in [-0.1, -0.05) is 23.2 Å². The lowest BCUT2D eigenvalue weighted by molar-refractivity contribution is -0.124. The molecule has 1 aliphatic rings. The van der Waals surface area contributed by atoms with E-state index in [1.165, 1.54) is 0 Å². The van der Waals surface area contributed by atoms with Gasteiger partial charge in [-0.3, -0.25) is 9.59 Å². The zero-order chi connectivity index (χ0) is 21.3. The molecule has 2 aromatic carbocycles. The van der Waals surface area contributed by atoms with Gasteiger partial charge in [0, 0.05) is 22.1 Å². The highest BCUT2D eigenvalue weighted by Crippen LogP contribution is 2.20. The number of rotatable bonds is 8. The summed E-state index contributed by atoms with van der Waals surface area (Å²) in [4.78, 5) is 24.4. The Labute approximate surface area is 185 Å². The Morgan fingerprint density at radius 1 is 0.767 bits per heavy atom. The molecule has 160 valence electrons. The number of hydrogen-bond donors (Lipinski definition) is 2. The molecule has 0 spiro atoms. The first-order valence-corrected chi connectivity index (χ1v) is 10.6. The van der Waals surface area contributed by atoms with Crippen LogP contribution >= 0.6 is 23.2 Å². The van der Waals surface area contributed by atoms with E-state index in [0.29, 0.717) is 28.0 Å². The van der Waals surface area contributed by atoms with Crippen LogP contribution in [0.1, 0.15) is 25.7 Å². The Morgan fingerprint density at radius 2 is 1.17 bits per heavy atom. The maximum atomic E-state index is 12.2. The van der Waals surface area contributed by atoms with Gasteiger partial charge in [-0.15, -0.1) is 0 Å². The normalized spacial score (nSPS) is 18.3. The molecule has 8 heteroatoms. The third-order valence-corrected chi connectivity index (χ3v) is 5.28. The van der Waals surface area contributed by atoms with Gasteiger partial charge in [-0.05, 0) is 74.2 Å². The summed E-state index contributed by atoms with van der Waals surface area (Å²) in [6.45, 7) is -0.131. The number of amides is 2. The first-order valence-electron chi connectivity index (χ1n) is 9.83. The monoisotopic (exact) mass is 450 g/mol. The second-order valence-corrected chi connectivity index (χ2v) is 8.05. The van der Waals surface area contributed by atoms with E-state index in [-0.39, 0.29) is 37.1 Å². The first kappa shape index (κ1) is 22.2. The number of halogens is 2. The van der Waals surface area contributed by atoms with E-state index < -0.39 is 0 Å². The van der Waals surface area contributed by atoms with Crippen molar-refractivity contribution in [1.29, 1.82) is 0 Å². The van der Waals surface area contributed by atoms with E-state index in [4.69, 9.17) is 32.7 Å². The minimum Gasteiger partial charge on any atom is -0.484 e. The molecule has 1 fully saturated rings. The molecule has 2 amide bonds. The van der Waals surface area contributed by atoms with Gasteiger partial charge in [0.2, 0.25) is 0 Å². The van der Waals surface area contributed by atoms with Gasteiger partial charge in [0.05, 0.1) is 0 Å². The summed E-state index contributed by atoms with van der Waals surface area (Å²) in [5.41, 5.74) is 0. The van der Waals surface area contributed by atoms with Crippen LogP contribution < -0.4 is 20.1 Å². The maximum Gasteiger partial charge on any atom is 0.258 e. The van der Waals surface area contributed by atoms with E-state index in [1.807, 2.05) is 0 Å². The van der Waals surface area contributed by atoms with Crippen LogP contribution in [-0.2, 0) is 9.59 Å². The third-order valence-electron chi connectivity index (χ3n) is 4.77. The van der Waals surface area contributed by atoms with Crippen LogP contribution in [0.25, 0.3) is 0 Å². The second-order valence-electron chi connectivity index (χ2n) is 7.18. The van der Waals surface area contributed by atoms with Crippen molar-refractivity contribution in [3.8, 4) is 11.5 Å². The number of benzene rings is 2. The molecule has 0 aromatic heterocycles. The summed E-state index contributed by atoms with van der Waals surface area (Å²) in [5.74, 6) is 0.800. The molecule has 1 aliphatic carbocycles. The number of nitrogens with one attached hydrogen (secondary N) is 2. The summed E-state index contributed by atoms with van der Waals surface area (Å²) in [7, 11) is 0. The molecule has 1 saturated carbocycles. The Morgan fingerprint density at radius 3 is 1.57 bits per heavy atom. The quantitative estimate of drug-likeness (QED) is 0.637. The van der Waals surface area contributed by atoms with Gasteiger partial charge in [-0.2, -0.15) is 0 Å². The van der Waals surface area contributed by atoms with E-state index >= 15 is 0 Å². The van der Waals surface area contributed by atoms with Gasteiger partial charge in [0.15, 0.2) is 13.2 Å². The largest absolute Gasteiger partial charge is 0.484 e. The average molecular weight is 451 g/mol. The van der Waals surface area contributed by atoms with Crippen LogP contribution in [0.2, 0.25) is 10.0 Å². The van der Waals surface area contributed by atoms with Gasteiger partial charge in [0.1, 0.15) is 11.5 Å². The van der Waals surface area contributed by atoms with E-state index in [9.17, 15) is 9.59 Å². The van der Waals surface area contributed by atoms with Crippen molar-refractivity contribution in [1.82, 2.24) is 10.6 Å². The molecule has 6 nitrogen and oxygen atoms in total. The minimum atomic E-state index is -0.187. The van der Waals surface area contributed by atoms with Crippen LogP contribution in [0.3, 0.4) is 0 Å². The molecular weight excluding hydrogens is 427 g/mol. The van der Waals surface area contributed by atoms with Gasteiger partial charge >= 0.3 is 0 Å². The average Bonchev–Trinajstić information content (AvgIpc) is 2.73. The standard InChI is InChI=1S/C22H24Cl2N2O4/c23-15-4-8-19(9-5-15)29-13-21(27)25-17-2-1-3-18(12-17)26-22(28)14-30-20-10-6-16(24)7-11-20/h4-11,17-18H,1-3,12-14H2,(H,25,27)(H,26,28).